The molecule has 2 aliphatic rings. The first-order chi connectivity index (χ1) is 11.9. The van der Waals surface area contributed by atoms with E-state index in [1.165, 1.54) is 18.5 Å². The van der Waals surface area contributed by atoms with Gasteiger partial charge in [-0.05, 0) is 58.6 Å². The molecule has 3 heterocycles. The van der Waals surface area contributed by atoms with Gasteiger partial charge in [-0.15, -0.1) is 0 Å². The summed E-state index contributed by atoms with van der Waals surface area (Å²) in [6, 6.07) is 4.23. The van der Waals surface area contributed by atoms with E-state index in [0.717, 1.165) is 19.4 Å². The molecular weight excluding hydrogens is 314 g/mol. The van der Waals surface area contributed by atoms with Gasteiger partial charge in [-0.25, -0.2) is 0 Å². The van der Waals surface area contributed by atoms with Crippen LogP contribution in [0.25, 0.3) is 0 Å². The fraction of sp³-hybridized carbons (Fsp3) is 0.632. The molecule has 1 aliphatic carbocycles. The maximum absolute atomic E-state index is 13.1. The first-order valence-corrected chi connectivity index (χ1v) is 9.32. The van der Waals surface area contributed by atoms with E-state index in [2.05, 4.69) is 30.6 Å². The number of likely N-dealkylation sites (tertiary alicyclic amines) is 1. The molecule has 1 amide bonds. The van der Waals surface area contributed by atoms with Crippen LogP contribution < -0.4 is 0 Å². The number of hydrogen-bond donors (Lipinski definition) is 0. The normalized spacial score (nSPS) is 21.6. The van der Waals surface area contributed by atoms with Gasteiger partial charge in [0.25, 0.3) is 5.91 Å². The zero-order valence-corrected chi connectivity index (χ0v) is 15.4. The van der Waals surface area contributed by atoms with Crippen LogP contribution in [0.3, 0.4) is 0 Å². The molecule has 6 nitrogen and oxygen atoms in total. The molecule has 2 fully saturated rings. The average molecular weight is 341 g/mol. The van der Waals surface area contributed by atoms with Gasteiger partial charge in [0.15, 0.2) is 5.69 Å². The molecule has 0 N–H and O–H groups in total. The van der Waals surface area contributed by atoms with E-state index in [9.17, 15) is 4.79 Å². The number of nitrogens with zero attached hydrogens (tertiary/aromatic N) is 5. The second kappa shape index (κ2) is 6.00. The second-order valence-corrected chi connectivity index (χ2v) is 8.34. The number of carbonyl (C=O) groups excluding carboxylic acids is 1. The van der Waals surface area contributed by atoms with Crippen molar-refractivity contribution in [3.05, 3.63) is 35.9 Å². The minimum absolute atomic E-state index is 0.0572. The minimum atomic E-state index is -0.101. The predicted molar refractivity (Wildman–Crippen MR) is 95.6 cm³/mol. The molecular formula is C19H27N5O. The number of amides is 1. The highest BCUT2D eigenvalue weighted by Gasteiger charge is 2.34. The summed E-state index contributed by atoms with van der Waals surface area (Å²) < 4.78 is 4.04. The Kier molecular flexibility index (Phi) is 3.93. The third-order valence-electron chi connectivity index (χ3n) is 5.17. The van der Waals surface area contributed by atoms with Crippen LogP contribution in [0.2, 0.25) is 0 Å². The van der Waals surface area contributed by atoms with Crippen molar-refractivity contribution in [3.8, 4) is 0 Å². The van der Waals surface area contributed by atoms with Gasteiger partial charge in [-0.3, -0.25) is 14.2 Å². The van der Waals surface area contributed by atoms with Gasteiger partial charge in [0, 0.05) is 37.1 Å². The van der Waals surface area contributed by atoms with Gasteiger partial charge in [-0.1, -0.05) is 0 Å². The first-order valence-electron chi connectivity index (χ1n) is 9.32. The lowest BCUT2D eigenvalue weighted by Crippen LogP contribution is -2.41. The van der Waals surface area contributed by atoms with Crippen molar-refractivity contribution in [2.24, 2.45) is 0 Å². The molecule has 0 unspecified atom stereocenters. The highest BCUT2D eigenvalue weighted by atomic mass is 16.2. The van der Waals surface area contributed by atoms with E-state index < -0.39 is 0 Å². The number of hydrogen-bond acceptors (Lipinski definition) is 3. The molecule has 1 saturated heterocycles. The number of carbonyl (C=O) groups is 1. The number of rotatable bonds is 3. The van der Waals surface area contributed by atoms with Crippen molar-refractivity contribution in [2.45, 2.75) is 64.0 Å². The van der Waals surface area contributed by atoms with Gasteiger partial charge >= 0.3 is 0 Å². The summed E-state index contributed by atoms with van der Waals surface area (Å²) in [4.78, 5) is 15.0. The largest absolute Gasteiger partial charge is 0.335 e. The van der Waals surface area contributed by atoms with Crippen molar-refractivity contribution < 1.29 is 4.79 Å². The lowest BCUT2D eigenvalue weighted by Gasteiger charge is -2.32. The maximum atomic E-state index is 13.1. The van der Waals surface area contributed by atoms with E-state index in [1.807, 2.05) is 27.9 Å². The summed E-state index contributed by atoms with van der Waals surface area (Å²) in [5.74, 6) is 0.633. The molecule has 1 aliphatic heterocycles. The van der Waals surface area contributed by atoms with Crippen LogP contribution in [-0.4, -0.2) is 43.5 Å². The summed E-state index contributed by atoms with van der Waals surface area (Å²) in [5, 5.41) is 9.06. The lowest BCUT2D eigenvalue weighted by atomic mass is 10.1. The van der Waals surface area contributed by atoms with Gasteiger partial charge in [0.2, 0.25) is 0 Å². The predicted octanol–water partition coefficient (Wildman–Crippen LogP) is 3.19. The van der Waals surface area contributed by atoms with Gasteiger partial charge in [0.05, 0.1) is 11.6 Å². The maximum Gasteiger partial charge on any atom is 0.274 e. The summed E-state index contributed by atoms with van der Waals surface area (Å²) in [6.45, 7) is 7.96. The van der Waals surface area contributed by atoms with Crippen molar-refractivity contribution in [2.75, 3.05) is 13.1 Å². The molecule has 2 aromatic heterocycles. The van der Waals surface area contributed by atoms with Gasteiger partial charge in [-0.2, -0.15) is 10.2 Å². The van der Waals surface area contributed by atoms with Crippen molar-refractivity contribution in [1.82, 2.24) is 24.5 Å². The Morgan fingerprint density at radius 1 is 1.24 bits per heavy atom. The fourth-order valence-corrected chi connectivity index (χ4v) is 3.72. The van der Waals surface area contributed by atoms with Crippen LogP contribution in [-0.2, 0) is 5.54 Å². The summed E-state index contributed by atoms with van der Waals surface area (Å²) >= 11 is 0. The number of piperidine rings is 1. The molecule has 6 heteroatoms. The van der Waals surface area contributed by atoms with Crippen LogP contribution in [0.4, 0.5) is 0 Å². The standard InChI is InChI=1S/C19H27N5O/c1-19(2,3)24-17(14-7-8-14)12-16(21-24)18(25)22-10-4-6-15(13-22)23-11-5-9-20-23/h5,9,11-12,14-15H,4,6-8,10,13H2,1-3H3/t15-/m0/s1. The quantitative estimate of drug-likeness (QED) is 0.861. The Hall–Kier alpha value is -2.11. The molecule has 1 atom stereocenters. The summed E-state index contributed by atoms with van der Waals surface area (Å²) in [6.07, 6.45) is 8.27. The summed E-state index contributed by atoms with van der Waals surface area (Å²) in [5.41, 5.74) is 1.71. The Balaban J connectivity index is 1.56. The van der Waals surface area contributed by atoms with Crippen LogP contribution in [0.5, 0.6) is 0 Å². The monoisotopic (exact) mass is 341 g/mol. The van der Waals surface area contributed by atoms with E-state index >= 15 is 0 Å². The molecule has 0 spiro atoms. The Morgan fingerprint density at radius 3 is 2.68 bits per heavy atom. The molecule has 134 valence electrons. The summed E-state index contributed by atoms with van der Waals surface area (Å²) in [7, 11) is 0. The lowest BCUT2D eigenvalue weighted by molar-refractivity contribution is 0.0665. The van der Waals surface area contributed by atoms with Crippen LogP contribution >= 0.6 is 0 Å². The third kappa shape index (κ3) is 3.22. The topological polar surface area (TPSA) is 56.0 Å². The minimum Gasteiger partial charge on any atom is -0.335 e. The SMILES string of the molecule is CC(C)(C)n1nc(C(=O)N2CCC[C@H](n3cccn3)C2)cc1C1CC1. The van der Waals surface area contributed by atoms with E-state index in [-0.39, 0.29) is 17.5 Å². The highest BCUT2D eigenvalue weighted by Crippen LogP contribution is 2.42. The molecule has 25 heavy (non-hydrogen) atoms. The molecule has 2 aromatic rings. The van der Waals surface area contributed by atoms with Gasteiger partial charge in [0.1, 0.15) is 0 Å². The molecule has 1 saturated carbocycles. The Morgan fingerprint density at radius 2 is 2.04 bits per heavy atom. The van der Waals surface area contributed by atoms with Crippen molar-refractivity contribution in [1.29, 1.82) is 0 Å². The zero-order valence-electron chi connectivity index (χ0n) is 15.4. The van der Waals surface area contributed by atoms with E-state index in [0.29, 0.717) is 18.2 Å². The zero-order chi connectivity index (χ0) is 17.6. The van der Waals surface area contributed by atoms with E-state index in [1.54, 1.807) is 6.20 Å². The average Bonchev–Trinajstić information content (AvgIpc) is 3.12. The van der Waals surface area contributed by atoms with Crippen molar-refractivity contribution in [3.63, 3.8) is 0 Å². The van der Waals surface area contributed by atoms with Crippen LogP contribution in [0, 0.1) is 0 Å². The van der Waals surface area contributed by atoms with E-state index in [4.69, 9.17) is 5.10 Å². The molecule has 0 aromatic carbocycles. The smallest absolute Gasteiger partial charge is 0.274 e. The highest BCUT2D eigenvalue weighted by molar-refractivity contribution is 5.92. The third-order valence-corrected chi connectivity index (χ3v) is 5.17. The Bertz CT molecular complexity index is 751. The van der Waals surface area contributed by atoms with Crippen molar-refractivity contribution >= 4 is 5.91 Å². The molecule has 0 bridgehead atoms. The van der Waals surface area contributed by atoms with Crippen LogP contribution in [0.1, 0.15) is 74.6 Å². The number of aromatic nitrogens is 4. The Labute approximate surface area is 148 Å². The second-order valence-electron chi connectivity index (χ2n) is 8.34. The first kappa shape index (κ1) is 16.4. The fourth-order valence-electron chi connectivity index (χ4n) is 3.72. The van der Waals surface area contributed by atoms with Crippen LogP contribution in [0.15, 0.2) is 24.5 Å². The molecule has 0 radical (unpaired) electrons. The van der Waals surface area contributed by atoms with Gasteiger partial charge < -0.3 is 4.90 Å². The molecule has 4 rings (SSSR count).